The fourth-order valence-corrected chi connectivity index (χ4v) is 2.09. The van der Waals surface area contributed by atoms with Crippen LogP contribution in [0.3, 0.4) is 0 Å². The molecule has 2 amide bonds. The number of nitrogens with two attached hydrogens (primary N) is 1. The summed E-state index contributed by atoms with van der Waals surface area (Å²) in [5.41, 5.74) is 8.16. The zero-order valence-corrected chi connectivity index (χ0v) is 11.9. The van der Waals surface area contributed by atoms with Gasteiger partial charge in [0.1, 0.15) is 0 Å². The number of benzene rings is 2. The van der Waals surface area contributed by atoms with Crippen molar-refractivity contribution in [3.63, 3.8) is 0 Å². The molecule has 0 atom stereocenters. The number of amides is 2. The Morgan fingerprint density at radius 3 is 2.48 bits per heavy atom. The lowest BCUT2D eigenvalue weighted by Gasteiger charge is -2.10. The lowest BCUT2D eigenvalue weighted by Crippen LogP contribution is -2.18. The molecule has 0 aliphatic heterocycles. The molecule has 0 saturated heterocycles. The van der Waals surface area contributed by atoms with Crippen LogP contribution in [0, 0.1) is 6.92 Å². The molecule has 0 aliphatic carbocycles. The van der Waals surface area contributed by atoms with Crippen LogP contribution in [-0.2, 0) is 11.2 Å². The molecule has 2 aromatic carbocycles. The highest BCUT2D eigenvalue weighted by Crippen LogP contribution is 2.17. The number of nitrogens with one attached hydrogen (secondary N) is 1. The maximum Gasteiger partial charge on any atom is 0.250 e. The number of anilines is 1. The van der Waals surface area contributed by atoms with Crippen LogP contribution in [0.2, 0.25) is 0 Å². The zero-order valence-electron chi connectivity index (χ0n) is 11.9. The summed E-state index contributed by atoms with van der Waals surface area (Å²) >= 11 is 0. The van der Waals surface area contributed by atoms with Gasteiger partial charge >= 0.3 is 0 Å². The topological polar surface area (TPSA) is 72.2 Å². The molecule has 0 unspecified atom stereocenters. The fourth-order valence-electron chi connectivity index (χ4n) is 2.09. The van der Waals surface area contributed by atoms with E-state index in [4.69, 9.17) is 5.73 Å². The first-order valence-electron chi connectivity index (χ1n) is 6.80. The maximum atomic E-state index is 12.0. The van der Waals surface area contributed by atoms with Crippen molar-refractivity contribution >= 4 is 17.5 Å². The van der Waals surface area contributed by atoms with E-state index in [9.17, 15) is 9.59 Å². The number of carbonyl (C=O) groups excluding carboxylic acids is 2. The normalized spacial score (nSPS) is 10.1. The second-order valence-electron chi connectivity index (χ2n) is 4.95. The summed E-state index contributed by atoms with van der Waals surface area (Å²) in [6, 6.07) is 15.0. The Morgan fingerprint density at radius 2 is 1.81 bits per heavy atom. The molecular weight excluding hydrogens is 264 g/mol. The zero-order chi connectivity index (χ0) is 15.2. The van der Waals surface area contributed by atoms with E-state index < -0.39 is 5.91 Å². The van der Waals surface area contributed by atoms with E-state index in [-0.39, 0.29) is 5.91 Å². The molecule has 2 aromatic rings. The van der Waals surface area contributed by atoms with Gasteiger partial charge < -0.3 is 11.1 Å². The van der Waals surface area contributed by atoms with Gasteiger partial charge in [0.05, 0.1) is 11.3 Å². The Kier molecular flexibility index (Phi) is 4.72. The highest BCUT2D eigenvalue weighted by molar-refractivity contribution is 6.03. The maximum absolute atomic E-state index is 12.0. The third kappa shape index (κ3) is 4.18. The Bertz CT molecular complexity index is 651. The SMILES string of the molecule is Cc1ccc(NC(=O)CCc2ccccc2)c(C(N)=O)c1. The molecule has 0 aliphatic rings. The van der Waals surface area contributed by atoms with Gasteiger partial charge in [-0.25, -0.2) is 0 Å². The number of hydrogen-bond donors (Lipinski definition) is 2. The van der Waals surface area contributed by atoms with Crippen molar-refractivity contribution in [2.75, 3.05) is 5.32 Å². The number of aryl methyl sites for hydroxylation is 2. The van der Waals surface area contributed by atoms with Gasteiger partial charge in [-0.05, 0) is 31.0 Å². The van der Waals surface area contributed by atoms with Crippen LogP contribution < -0.4 is 11.1 Å². The van der Waals surface area contributed by atoms with Crippen molar-refractivity contribution in [3.8, 4) is 0 Å². The lowest BCUT2D eigenvalue weighted by molar-refractivity contribution is -0.116. The quantitative estimate of drug-likeness (QED) is 0.885. The fraction of sp³-hybridized carbons (Fsp3) is 0.176. The largest absolute Gasteiger partial charge is 0.366 e. The first-order chi connectivity index (χ1) is 10.1. The molecule has 0 radical (unpaired) electrons. The van der Waals surface area contributed by atoms with Gasteiger partial charge in [0.25, 0.3) is 5.91 Å². The first-order valence-corrected chi connectivity index (χ1v) is 6.80. The van der Waals surface area contributed by atoms with Gasteiger partial charge in [-0.15, -0.1) is 0 Å². The number of carbonyl (C=O) groups is 2. The molecule has 2 rings (SSSR count). The highest BCUT2D eigenvalue weighted by Gasteiger charge is 2.11. The lowest BCUT2D eigenvalue weighted by atomic mass is 10.1. The summed E-state index contributed by atoms with van der Waals surface area (Å²) in [7, 11) is 0. The average molecular weight is 282 g/mol. The molecule has 21 heavy (non-hydrogen) atoms. The van der Waals surface area contributed by atoms with E-state index in [1.54, 1.807) is 12.1 Å². The molecular formula is C17H18N2O2. The van der Waals surface area contributed by atoms with Gasteiger partial charge in [-0.3, -0.25) is 9.59 Å². The predicted octanol–water partition coefficient (Wildman–Crippen LogP) is 2.67. The van der Waals surface area contributed by atoms with E-state index in [0.29, 0.717) is 24.1 Å². The van der Waals surface area contributed by atoms with E-state index >= 15 is 0 Å². The third-order valence-corrected chi connectivity index (χ3v) is 3.20. The molecule has 0 fully saturated rings. The van der Waals surface area contributed by atoms with Crippen molar-refractivity contribution in [1.29, 1.82) is 0 Å². The minimum Gasteiger partial charge on any atom is -0.366 e. The van der Waals surface area contributed by atoms with Crippen LogP contribution in [0.1, 0.15) is 27.9 Å². The second-order valence-corrected chi connectivity index (χ2v) is 4.95. The van der Waals surface area contributed by atoms with Crippen LogP contribution in [0.5, 0.6) is 0 Å². The van der Waals surface area contributed by atoms with Crippen molar-refractivity contribution in [3.05, 3.63) is 65.2 Å². The van der Waals surface area contributed by atoms with Gasteiger partial charge in [0, 0.05) is 6.42 Å². The number of hydrogen-bond acceptors (Lipinski definition) is 2. The van der Waals surface area contributed by atoms with Crippen molar-refractivity contribution in [1.82, 2.24) is 0 Å². The molecule has 0 spiro atoms. The third-order valence-electron chi connectivity index (χ3n) is 3.20. The van der Waals surface area contributed by atoms with Gasteiger partial charge in [-0.1, -0.05) is 42.0 Å². The molecule has 0 aromatic heterocycles. The monoisotopic (exact) mass is 282 g/mol. The Morgan fingerprint density at radius 1 is 1.10 bits per heavy atom. The van der Waals surface area contributed by atoms with Gasteiger partial charge in [0.15, 0.2) is 0 Å². The standard InChI is InChI=1S/C17H18N2O2/c1-12-7-9-15(14(11-12)17(18)21)19-16(20)10-8-13-5-3-2-4-6-13/h2-7,9,11H,8,10H2,1H3,(H2,18,21)(H,19,20). The second kappa shape index (κ2) is 6.70. The molecule has 108 valence electrons. The van der Waals surface area contributed by atoms with Crippen LogP contribution >= 0.6 is 0 Å². The predicted molar refractivity (Wildman–Crippen MR) is 83.1 cm³/mol. The molecule has 0 saturated carbocycles. The summed E-state index contributed by atoms with van der Waals surface area (Å²) in [6.07, 6.45) is 1.01. The summed E-state index contributed by atoms with van der Waals surface area (Å²) in [6.45, 7) is 1.87. The Hall–Kier alpha value is -2.62. The molecule has 3 N–H and O–H groups in total. The summed E-state index contributed by atoms with van der Waals surface area (Å²) in [5.74, 6) is -0.678. The summed E-state index contributed by atoms with van der Waals surface area (Å²) in [5, 5.41) is 2.75. The molecule has 0 bridgehead atoms. The van der Waals surface area contributed by atoms with Crippen LogP contribution in [0.15, 0.2) is 48.5 Å². The molecule has 0 heterocycles. The summed E-state index contributed by atoms with van der Waals surface area (Å²) in [4.78, 5) is 23.4. The van der Waals surface area contributed by atoms with E-state index in [1.165, 1.54) is 0 Å². The van der Waals surface area contributed by atoms with Crippen LogP contribution in [-0.4, -0.2) is 11.8 Å². The van der Waals surface area contributed by atoms with Gasteiger partial charge in [0.2, 0.25) is 5.91 Å². The number of rotatable bonds is 5. The van der Waals surface area contributed by atoms with Gasteiger partial charge in [-0.2, -0.15) is 0 Å². The van der Waals surface area contributed by atoms with Crippen molar-refractivity contribution in [2.24, 2.45) is 5.73 Å². The van der Waals surface area contributed by atoms with Crippen molar-refractivity contribution < 1.29 is 9.59 Å². The summed E-state index contributed by atoms with van der Waals surface area (Å²) < 4.78 is 0. The number of primary amides is 1. The molecule has 4 heteroatoms. The smallest absolute Gasteiger partial charge is 0.250 e. The van der Waals surface area contributed by atoms with E-state index in [0.717, 1.165) is 11.1 Å². The van der Waals surface area contributed by atoms with Crippen molar-refractivity contribution in [2.45, 2.75) is 19.8 Å². The minimum absolute atomic E-state index is 0.134. The van der Waals surface area contributed by atoms with E-state index in [1.807, 2.05) is 43.3 Å². The first kappa shape index (κ1) is 14.8. The average Bonchev–Trinajstić information content (AvgIpc) is 2.48. The van der Waals surface area contributed by atoms with E-state index in [2.05, 4.69) is 5.32 Å². The highest BCUT2D eigenvalue weighted by atomic mass is 16.2. The Labute approximate surface area is 124 Å². The van der Waals surface area contributed by atoms with Crippen LogP contribution in [0.25, 0.3) is 0 Å². The minimum atomic E-state index is -0.544. The Balaban J connectivity index is 2.01. The van der Waals surface area contributed by atoms with Crippen LogP contribution in [0.4, 0.5) is 5.69 Å². The molecule has 4 nitrogen and oxygen atoms in total.